The first-order valence-corrected chi connectivity index (χ1v) is 10.0. The van der Waals surface area contributed by atoms with E-state index in [0.717, 1.165) is 31.4 Å². The van der Waals surface area contributed by atoms with E-state index in [1.807, 2.05) is 19.1 Å². The van der Waals surface area contributed by atoms with Crippen molar-refractivity contribution in [1.82, 2.24) is 10.3 Å². The summed E-state index contributed by atoms with van der Waals surface area (Å²) in [4.78, 5) is 28.5. The van der Waals surface area contributed by atoms with Crippen molar-refractivity contribution < 1.29 is 14.3 Å². The second kappa shape index (κ2) is 9.36. The van der Waals surface area contributed by atoms with Crippen LogP contribution in [0.1, 0.15) is 38.3 Å². The first-order chi connectivity index (χ1) is 13.1. The van der Waals surface area contributed by atoms with Gasteiger partial charge in [0.2, 0.25) is 5.91 Å². The van der Waals surface area contributed by atoms with E-state index < -0.39 is 0 Å². The molecule has 1 fully saturated rings. The Morgan fingerprint density at radius 1 is 1.19 bits per heavy atom. The Morgan fingerprint density at radius 3 is 2.63 bits per heavy atom. The fraction of sp³-hybridized carbons (Fsp3) is 0.421. The first-order valence-electron chi connectivity index (χ1n) is 9.17. The normalized spacial score (nSPS) is 14.0. The third-order valence-corrected chi connectivity index (χ3v) is 5.06. The van der Waals surface area contributed by atoms with E-state index >= 15 is 0 Å². The van der Waals surface area contributed by atoms with Crippen LogP contribution in [0.4, 0.5) is 15.6 Å². The molecule has 1 aliphatic carbocycles. The molecule has 0 radical (unpaired) electrons. The summed E-state index contributed by atoms with van der Waals surface area (Å²) in [6, 6.07) is 7.24. The van der Waals surface area contributed by atoms with E-state index in [1.54, 1.807) is 17.5 Å². The topological polar surface area (TPSA) is 92.4 Å². The van der Waals surface area contributed by atoms with Crippen LogP contribution in [0.3, 0.4) is 0 Å². The van der Waals surface area contributed by atoms with Crippen LogP contribution in [-0.4, -0.2) is 29.6 Å². The number of thiazole rings is 1. The van der Waals surface area contributed by atoms with Crippen molar-refractivity contribution in [2.24, 2.45) is 0 Å². The molecular formula is C19H24N4O3S. The van der Waals surface area contributed by atoms with Gasteiger partial charge in [0, 0.05) is 17.1 Å². The molecule has 7 nitrogen and oxygen atoms in total. The van der Waals surface area contributed by atoms with Crippen molar-refractivity contribution >= 4 is 34.1 Å². The van der Waals surface area contributed by atoms with Crippen molar-refractivity contribution in [1.29, 1.82) is 0 Å². The van der Waals surface area contributed by atoms with Crippen LogP contribution < -0.4 is 20.7 Å². The summed E-state index contributed by atoms with van der Waals surface area (Å²) in [5.74, 6) is 0.605. The molecule has 27 heavy (non-hydrogen) atoms. The predicted octanol–water partition coefficient (Wildman–Crippen LogP) is 3.79. The van der Waals surface area contributed by atoms with Crippen LogP contribution in [0.25, 0.3) is 0 Å². The molecule has 1 aliphatic rings. The van der Waals surface area contributed by atoms with Gasteiger partial charge in [-0.1, -0.05) is 12.8 Å². The van der Waals surface area contributed by atoms with Gasteiger partial charge in [-0.05, 0) is 44.0 Å². The van der Waals surface area contributed by atoms with Gasteiger partial charge in [-0.25, -0.2) is 9.78 Å². The average molecular weight is 388 g/mol. The summed E-state index contributed by atoms with van der Waals surface area (Å²) in [6.07, 6.45) is 4.53. The third-order valence-electron chi connectivity index (χ3n) is 4.25. The number of carbonyl (C=O) groups excluding carboxylic acids is 2. The second-order valence-electron chi connectivity index (χ2n) is 6.41. The van der Waals surface area contributed by atoms with Crippen LogP contribution in [-0.2, 0) is 11.2 Å². The number of aromatic nitrogens is 1. The van der Waals surface area contributed by atoms with E-state index in [4.69, 9.17) is 4.74 Å². The van der Waals surface area contributed by atoms with Crippen LogP contribution >= 0.6 is 11.3 Å². The lowest BCUT2D eigenvalue weighted by molar-refractivity contribution is -0.115. The third kappa shape index (κ3) is 5.96. The van der Waals surface area contributed by atoms with E-state index in [1.165, 1.54) is 11.3 Å². The number of carbonyl (C=O) groups is 2. The Labute approximate surface area is 162 Å². The maximum atomic E-state index is 12.2. The molecule has 3 rings (SSSR count). The Morgan fingerprint density at radius 2 is 1.93 bits per heavy atom. The second-order valence-corrected chi connectivity index (χ2v) is 7.26. The fourth-order valence-electron chi connectivity index (χ4n) is 3.01. The number of benzene rings is 1. The van der Waals surface area contributed by atoms with E-state index in [2.05, 4.69) is 20.9 Å². The zero-order chi connectivity index (χ0) is 19.1. The maximum Gasteiger partial charge on any atom is 0.321 e. The number of hydrogen-bond acceptors (Lipinski definition) is 5. The van der Waals surface area contributed by atoms with Crippen LogP contribution in [0.15, 0.2) is 29.6 Å². The Bertz CT molecular complexity index is 770. The van der Waals surface area contributed by atoms with Gasteiger partial charge in [0.25, 0.3) is 0 Å². The van der Waals surface area contributed by atoms with Gasteiger partial charge in [0.1, 0.15) is 5.75 Å². The van der Waals surface area contributed by atoms with Crippen molar-refractivity contribution in [3.05, 3.63) is 35.3 Å². The number of urea groups is 1. The van der Waals surface area contributed by atoms with Crippen molar-refractivity contribution in [3.8, 4) is 5.75 Å². The lowest BCUT2D eigenvalue weighted by Gasteiger charge is -2.11. The average Bonchev–Trinajstić information content (AvgIpc) is 3.29. The first kappa shape index (κ1) is 19.2. The van der Waals surface area contributed by atoms with Crippen molar-refractivity contribution in [2.45, 2.75) is 45.1 Å². The Balaban J connectivity index is 1.46. The number of rotatable bonds is 7. The quantitative estimate of drug-likeness (QED) is 0.673. The number of amides is 3. The highest BCUT2D eigenvalue weighted by molar-refractivity contribution is 7.13. The zero-order valence-corrected chi connectivity index (χ0v) is 16.1. The highest BCUT2D eigenvalue weighted by Crippen LogP contribution is 2.20. The molecule has 8 heteroatoms. The molecule has 0 aliphatic heterocycles. The minimum absolute atomic E-state index is 0.148. The molecule has 0 spiro atoms. The van der Waals surface area contributed by atoms with Gasteiger partial charge in [-0.3, -0.25) is 10.1 Å². The molecule has 3 N–H and O–H groups in total. The minimum Gasteiger partial charge on any atom is -0.494 e. The molecular weight excluding hydrogens is 364 g/mol. The predicted molar refractivity (Wildman–Crippen MR) is 106 cm³/mol. The smallest absolute Gasteiger partial charge is 0.321 e. The van der Waals surface area contributed by atoms with Crippen LogP contribution in [0, 0.1) is 0 Å². The van der Waals surface area contributed by atoms with Crippen LogP contribution in [0.5, 0.6) is 5.75 Å². The Hall–Kier alpha value is -2.61. The molecule has 0 bridgehead atoms. The molecule has 0 unspecified atom stereocenters. The maximum absolute atomic E-state index is 12.2. The van der Waals surface area contributed by atoms with Gasteiger partial charge in [-0.15, -0.1) is 11.3 Å². The largest absolute Gasteiger partial charge is 0.494 e. The standard InChI is InChI=1S/C19H24N4O3S/c1-2-26-16-9-7-14(8-10-16)20-17(24)11-15-12-27-19(22-15)23-18(25)21-13-5-3-4-6-13/h7-10,12-13H,2-6,11H2,1H3,(H,20,24)(H2,21,22,23,25). The zero-order valence-electron chi connectivity index (χ0n) is 15.3. The number of anilines is 2. The SMILES string of the molecule is CCOc1ccc(NC(=O)Cc2csc(NC(=O)NC3CCCC3)n2)cc1. The van der Waals surface area contributed by atoms with Gasteiger partial charge in [0.05, 0.1) is 18.7 Å². The minimum atomic E-state index is -0.235. The molecule has 1 aromatic heterocycles. The fourth-order valence-corrected chi connectivity index (χ4v) is 3.71. The van der Waals surface area contributed by atoms with E-state index in [0.29, 0.717) is 23.1 Å². The Kier molecular flexibility index (Phi) is 6.64. The number of nitrogens with zero attached hydrogens (tertiary/aromatic N) is 1. The van der Waals surface area contributed by atoms with Gasteiger partial charge >= 0.3 is 6.03 Å². The number of ether oxygens (including phenoxy) is 1. The molecule has 1 heterocycles. The van der Waals surface area contributed by atoms with Gasteiger partial charge in [0.15, 0.2) is 5.13 Å². The van der Waals surface area contributed by atoms with Gasteiger partial charge < -0.3 is 15.4 Å². The molecule has 1 saturated carbocycles. The van der Waals surface area contributed by atoms with Gasteiger partial charge in [-0.2, -0.15) is 0 Å². The van der Waals surface area contributed by atoms with E-state index in [9.17, 15) is 9.59 Å². The monoisotopic (exact) mass is 388 g/mol. The number of hydrogen-bond donors (Lipinski definition) is 3. The van der Waals surface area contributed by atoms with E-state index in [-0.39, 0.29) is 24.4 Å². The summed E-state index contributed by atoms with van der Waals surface area (Å²) < 4.78 is 5.38. The lowest BCUT2D eigenvalue weighted by atomic mass is 10.2. The summed E-state index contributed by atoms with van der Waals surface area (Å²) in [5, 5.41) is 10.8. The molecule has 144 valence electrons. The summed E-state index contributed by atoms with van der Waals surface area (Å²) in [7, 11) is 0. The highest BCUT2D eigenvalue weighted by atomic mass is 32.1. The lowest BCUT2D eigenvalue weighted by Crippen LogP contribution is -2.36. The van der Waals surface area contributed by atoms with Crippen molar-refractivity contribution in [2.75, 3.05) is 17.2 Å². The molecule has 0 saturated heterocycles. The van der Waals surface area contributed by atoms with Crippen LogP contribution in [0.2, 0.25) is 0 Å². The van der Waals surface area contributed by atoms with Crippen molar-refractivity contribution in [3.63, 3.8) is 0 Å². The summed E-state index contributed by atoms with van der Waals surface area (Å²) in [5.41, 5.74) is 1.33. The highest BCUT2D eigenvalue weighted by Gasteiger charge is 2.17. The molecule has 3 amide bonds. The summed E-state index contributed by atoms with van der Waals surface area (Å²) >= 11 is 1.31. The summed E-state index contributed by atoms with van der Waals surface area (Å²) in [6.45, 7) is 2.52. The molecule has 2 aromatic rings. The molecule has 0 atom stereocenters. The number of nitrogens with one attached hydrogen (secondary N) is 3. The molecule has 1 aromatic carbocycles.